The lowest BCUT2D eigenvalue weighted by Gasteiger charge is -2.46. The second kappa shape index (κ2) is 10.2. The van der Waals surface area contributed by atoms with Crippen LogP contribution in [0.4, 0.5) is 0 Å². The van der Waals surface area contributed by atoms with E-state index >= 15 is 0 Å². The highest BCUT2D eigenvalue weighted by Crippen LogP contribution is 2.37. The largest absolute Gasteiger partial charge is 0.361 e. The standard InChI is InChI=1S/C27H34N4O2/c1-30(2)27(22-8-4-3-5-9-22)15-18-31(19-16-27)26(33)14-17-28-25(32)13-12-21-20-29-24-11-7-6-10-23(21)24/h3-11,20,29H,12-19H2,1-2H3,(H,28,32). The summed E-state index contributed by atoms with van der Waals surface area (Å²) in [6.07, 6.45) is 5.24. The van der Waals surface area contributed by atoms with Gasteiger partial charge in [0.05, 0.1) is 0 Å². The summed E-state index contributed by atoms with van der Waals surface area (Å²) in [7, 11) is 4.24. The van der Waals surface area contributed by atoms with E-state index in [2.05, 4.69) is 59.6 Å². The molecule has 1 aromatic heterocycles. The number of rotatable bonds is 8. The molecule has 6 nitrogen and oxygen atoms in total. The van der Waals surface area contributed by atoms with E-state index in [9.17, 15) is 9.59 Å². The first kappa shape index (κ1) is 23.1. The number of piperidine rings is 1. The van der Waals surface area contributed by atoms with Gasteiger partial charge in [0.25, 0.3) is 0 Å². The third kappa shape index (κ3) is 5.11. The highest BCUT2D eigenvalue weighted by Gasteiger charge is 2.38. The number of fused-ring (bicyclic) bond motifs is 1. The fourth-order valence-electron chi connectivity index (χ4n) is 5.01. The number of nitrogens with zero attached hydrogens (tertiary/aromatic N) is 2. The van der Waals surface area contributed by atoms with Crippen molar-refractivity contribution < 1.29 is 9.59 Å². The summed E-state index contributed by atoms with van der Waals surface area (Å²) < 4.78 is 0. The fourth-order valence-corrected chi connectivity index (χ4v) is 5.01. The number of aromatic nitrogens is 1. The van der Waals surface area contributed by atoms with Crippen molar-refractivity contribution in [2.24, 2.45) is 0 Å². The Morgan fingerprint density at radius 2 is 1.70 bits per heavy atom. The SMILES string of the molecule is CN(C)C1(c2ccccc2)CCN(C(=O)CCNC(=O)CCc2c[nH]c3ccccc23)CC1. The van der Waals surface area contributed by atoms with Crippen LogP contribution in [0.3, 0.4) is 0 Å². The van der Waals surface area contributed by atoms with Gasteiger partial charge >= 0.3 is 0 Å². The van der Waals surface area contributed by atoms with Gasteiger partial charge in [0, 0.05) is 55.1 Å². The molecule has 6 heteroatoms. The molecule has 0 radical (unpaired) electrons. The Morgan fingerprint density at radius 1 is 1.00 bits per heavy atom. The van der Waals surface area contributed by atoms with Gasteiger partial charge in [-0.25, -0.2) is 0 Å². The molecule has 33 heavy (non-hydrogen) atoms. The number of aryl methyl sites for hydroxylation is 1. The number of H-pyrrole nitrogens is 1. The normalized spacial score (nSPS) is 15.7. The van der Waals surface area contributed by atoms with Crippen LogP contribution in [-0.2, 0) is 21.5 Å². The van der Waals surface area contributed by atoms with Gasteiger partial charge in [-0.2, -0.15) is 0 Å². The topological polar surface area (TPSA) is 68.4 Å². The van der Waals surface area contributed by atoms with Crippen LogP contribution in [0.25, 0.3) is 10.9 Å². The average Bonchev–Trinajstić information content (AvgIpc) is 3.26. The molecule has 1 fully saturated rings. The summed E-state index contributed by atoms with van der Waals surface area (Å²) in [5.41, 5.74) is 3.51. The first-order chi connectivity index (χ1) is 16.0. The minimum absolute atomic E-state index is 0.0116. The van der Waals surface area contributed by atoms with Crippen molar-refractivity contribution in [3.8, 4) is 0 Å². The van der Waals surface area contributed by atoms with E-state index in [1.807, 2.05) is 35.4 Å². The van der Waals surface area contributed by atoms with Crippen LogP contribution in [0.5, 0.6) is 0 Å². The smallest absolute Gasteiger partial charge is 0.224 e. The van der Waals surface area contributed by atoms with Crippen LogP contribution < -0.4 is 5.32 Å². The average molecular weight is 447 g/mol. The number of carbonyl (C=O) groups is 2. The molecular weight excluding hydrogens is 412 g/mol. The van der Waals surface area contributed by atoms with E-state index in [1.54, 1.807) is 0 Å². The van der Waals surface area contributed by atoms with Crippen LogP contribution in [0.2, 0.25) is 0 Å². The summed E-state index contributed by atoms with van der Waals surface area (Å²) in [4.78, 5) is 32.5. The Labute approximate surface area is 196 Å². The lowest BCUT2D eigenvalue weighted by Crippen LogP contribution is -2.52. The number of aromatic amines is 1. The van der Waals surface area contributed by atoms with Gasteiger partial charge in [0.1, 0.15) is 0 Å². The molecule has 0 aliphatic carbocycles. The van der Waals surface area contributed by atoms with E-state index < -0.39 is 0 Å². The molecule has 2 heterocycles. The maximum absolute atomic E-state index is 12.7. The molecule has 1 aliphatic rings. The van der Waals surface area contributed by atoms with Crippen LogP contribution in [0.1, 0.15) is 36.8 Å². The van der Waals surface area contributed by atoms with Gasteiger partial charge in [-0.3, -0.25) is 14.5 Å². The number of carbonyl (C=O) groups excluding carboxylic acids is 2. The fraction of sp³-hybridized carbons (Fsp3) is 0.407. The van der Waals surface area contributed by atoms with Crippen molar-refractivity contribution in [3.05, 3.63) is 71.9 Å². The van der Waals surface area contributed by atoms with Gasteiger partial charge in [-0.15, -0.1) is 0 Å². The quantitative estimate of drug-likeness (QED) is 0.555. The molecule has 0 spiro atoms. The van der Waals surface area contributed by atoms with Crippen molar-refractivity contribution in [1.82, 2.24) is 20.1 Å². The number of hydrogen-bond donors (Lipinski definition) is 2. The molecule has 2 amide bonds. The lowest BCUT2D eigenvalue weighted by atomic mass is 9.79. The summed E-state index contributed by atoms with van der Waals surface area (Å²) >= 11 is 0. The number of amides is 2. The van der Waals surface area contributed by atoms with E-state index in [0.29, 0.717) is 25.8 Å². The first-order valence-electron chi connectivity index (χ1n) is 11.8. The lowest BCUT2D eigenvalue weighted by molar-refractivity contribution is -0.133. The zero-order chi connectivity index (χ0) is 23.3. The molecule has 0 saturated carbocycles. The zero-order valence-electron chi connectivity index (χ0n) is 19.6. The molecular formula is C27H34N4O2. The highest BCUT2D eigenvalue weighted by atomic mass is 16.2. The third-order valence-corrected chi connectivity index (χ3v) is 7.07. The zero-order valence-corrected chi connectivity index (χ0v) is 19.6. The Morgan fingerprint density at radius 3 is 2.42 bits per heavy atom. The Kier molecular flexibility index (Phi) is 7.14. The van der Waals surface area contributed by atoms with Crippen LogP contribution >= 0.6 is 0 Å². The summed E-state index contributed by atoms with van der Waals surface area (Å²) in [6.45, 7) is 1.86. The van der Waals surface area contributed by atoms with Gasteiger partial charge in [-0.1, -0.05) is 48.5 Å². The predicted octanol–water partition coefficient (Wildman–Crippen LogP) is 3.69. The minimum atomic E-state index is -0.0331. The van der Waals surface area contributed by atoms with Gasteiger partial charge in [-0.05, 0) is 50.6 Å². The second-order valence-electron chi connectivity index (χ2n) is 9.13. The van der Waals surface area contributed by atoms with Gasteiger partial charge in [0.15, 0.2) is 0 Å². The van der Waals surface area contributed by atoms with Crippen molar-refractivity contribution in [1.29, 1.82) is 0 Å². The number of likely N-dealkylation sites (tertiary alicyclic amines) is 1. The van der Waals surface area contributed by atoms with Crippen molar-refractivity contribution >= 4 is 22.7 Å². The van der Waals surface area contributed by atoms with Crippen LogP contribution in [-0.4, -0.2) is 60.3 Å². The molecule has 1 aliphatic heterocycles. The summed E-state index contributed by atoms with van der Waals surface area (Å²) in [5.74, 6) is 0.106. The van der Waals surface area contributed by atoms with E-state index in [4.69, 9.17) is 0 Å². The summed E-state index contributed by atoms with van der Waals surface area (Å²) in [6, 6.07) is 18.7. The van der Waals surface area contributed by atoms with Crippen molar-refractivity contribution in [2.75, 3.05) is 33.7 Å². The number of benzene rings is 2. The van der Waals surface area contributed by atoms with Gasteiger partial charge in [0.2, 0.25) is 11.8 Å². The number of nitrogens with one attached hydrogen (secondary N) is 2. The number of hydrogen-bond acceptors (Lipinski definition) is 3. The Bertz CT molecular complexity index is 1080. The molecule has 0 unspecified atom stereocenters. The van der Waals surface area contributed by atoms with E-state index in [-0.39, 0.29) is 17.4 Å². The predicted molar refractivity (Wildman–Crippen MR) is 132 cm³/mol. The second-order valence-corrected chi connectivity index (χ2v) is 9.13. The summed E-state index contributed by atoms with van der Waals surface area (Å²) in [5, 5.41) is 4.08. The maximum atomic E-state index is 12.7. The van der Waals surface area contributed by atoms with Gasteiger partial charge < -0.3 is 15.2 Å². The van der Waals surface area contributed by atoms with Crippen molar-refractivity contribution in [3.63, 3.8) is 0 Å². The highest BCUT2D eigenvalue weighted by molar-refractivity contribution is 5.84. The monoisotopic (exact) mass is 446 g/mol. The first-order valence-corrected chi connectivity index (χ1v) is 11.8. The third-order valence-electron chi connectivity index (χ3n) is 7.07. The Balaban J connectivity index is 1.21. The molecule has 2 aromatic carbocycles. The number of para-hydroxylation sites is 1. The molecule has 2 N–H and O–H groups in total. The van der Waals surface area contributed by atoms with E-state index in [1.165, 1.54) is 5.56 Å². The Hall–Kier alpha value is -3.12. The van der Waals surface area contributed by atoms with Crippen LogP contribution in [0.15, 0.2) is 60.8 Å². The molecule has 0 bridgehead atoms. The van der Waals surface area contributed by atoms with E-state index in [0.717, 1.165) is 42.4 Å². The maximum Gasteiger partial charge on any atom is 0.224 e. The van der Waals surface area contributed by atoms with Crippen molar-refractivity contribution in [2.45, 2.75) is 37.6 Å². The minimum Gasteiger partial charge on any atom is -0.361 e. The molecule has 4 rings (SSSR count). The molecule has 3 aromatic rings. The molecule has 0 atom stereocenters. The molecule has 174 valence electrons. The molecule has 1 saturated heterocycles. The van der Waals surface area contributed by atoms with Crippen LogP contribution in [0, 0.1) is 0 Å².